The number of carbonyl (C=O) groups excluding carboxylic acids is 2. The number of Topliss-reactive ketones (excluding diaryl/α,β-unsaturated/α-hetero) is 1. The van der Waals surface area contributed by atoms with Gasteiger partial charge in [0.25, 0.3) is 11.7 Å². The highest BCUT2D eigenvalue weighted by Crippen LogP contribution is 2.44. The molecule has 0 bridgehead atoms. The van der Waals surface area contributed by atoms with E-state index in [0.717, 1.165) is 26.6 Å². The lowest BCUT2D eigenvalue weighted by molar-refractivity contribution is -0.140. The van der Waals surface area contributed by atoms with Gasteiger partial charge in [-0.05, 0) is 65.9 Å². The van der Waals surface area contributed by atoms with E-state index in [2.05, 4.69) is 20.8 Å². The normalized spacial score (nSPS) is 18.0. The van der Waals surface area contributed by atoms with Crippen molar-refractivity contribution in [1.29, 1.82) is 0 Å². The number of ether oxygens (including phenoxy) is 1. The highest BCUT2D eigenvalue weighted by molar-refractivity contribution is 7.10. The number of aliphatic hydroxyl groups excluding tert-OH is 1. The molecule has 1 amide bonds. The average Bonchev–Trinajstić information content (AvgIpc) is 3.50. The molecule has 2 aromatic heterocycles. The summed E-state index contributed by atoms with van der Waals surface area (Å²) in [7, 11) is 0. The van der Waals surface area contributed by atoms with E-state index in [0.29, 0.717) is 18.7 Å². The van der Waals surface area contributed by atoms with E-state index in [4.69, 9.17) is 4.74 Å². The predicted molar refractivity (Wildman–Crippen MR) is 138 cm³/mol. The van der Waals surface area contributed by atoms with Crippen molar-refractivity contribution in [1.82, 2.24) is 4.90 Å². The molecular formula is C27H29NO4S2. The van der Waals surface area contributed by atoms with Gasteiger partial charge in [-0.3, -0.25) is 9.59 Å². The van der Waals surface area contributed by atoms with Crippen LogP contribution in [0.2, 0.25) is 0 Å². The molecule has 1 aliphatic heterocycles. The maximum Gasteiger partial charge on any atom is 0.296 e. The molecule has 0 radical (unpaired) electrons. The first-order chi connectivity index (χ1) is 16.1. The van der Waals surface area contributed by atoms with Crippen molar-refractivity contribution in [2.24, 2.45) is 0 Å². The third-order valence-electron chi connectivity index (χ3n) is 5.96. The molecule has 3 heterocycles. The van der Waals surface area contributed by atoms with Gasteiger partial charge in [0, 0.05) is 20.9 Å². The quantitative estimate of drug-likeness (QED) is 0.243. The maximum absolute atomic E-state index is 13.3. The number of ketones is 1. The highest BCUT2D eigenvalue weighted by atomic mass is 32.1. The fourth-order valence-electron chi connectivity index (χ4n) is 4.25. The number of hydrogen-bond donors (Lipinski definition) is 1. The number of nitrogens with zero attached hydrogens (tertiary/aromatic N) is 1. The van der Waals surface area contributed by atoms with E-state index >= 15 is 0 Å². The predicted octanol–water partition coefficient (Wildman–Crippen LogP) is 6.44. The lowest BCUT2D eigenvalue weighted by atomic mass is 9.84. The zero-order valence-corrected chi connectivity index (χ0v) is 21.7. The minimum atomic E-state index is -0.655. The van der Waals surface area contributed by atoms with Gasteiger partial charge in [-0.25, -0.2) is 0 Å². The number of rotatable bonds is 6. The minimum Gasteiger partial charge on any atom is -0.507 e. The molecule has 3 aromatic rings. The molecule has 34 heavy (non-hydrogen) atoms. The van der Waals surface area contributed by atoms with Crippen molar-refractivity contribution in [2.45, 2.75) is 52.6 Å². The monoisotopic (exact) mass is 495 g/mol. The van der Waals surface area contributed by atoms with Crippen molar-refractivity contribution in [3.05, 3.63) is 79.2 Å². The third-order valence-corrected chi connectivity index (χ3v) is 7.89. The summed E-state index contributed by atoms with van der Waals surface area (Å²) in [5.74, 6) is -0.651. The van der Waals surface area contributed by atoms with Crippen molar-refractivity contribution < 1.29 is 19.4 Å². The van der Waals surface area contributed by atoms with Gasteiger partial charge >= 0.3 is 0 Å². The van der Waals surface area contributed by atoms with Crippen molar-refractivity contribution in [3.63, 3.8) is 0 Å². The van der Waals surface area contributed by atoms with E-state index in [1.54, 1.807) is 11.0 Å². The van der Waals surface area contributed by atoms with Crippen LogP contribution in [0.5, 0.6) is 5.75 Å². The number of aliphatic hydroxyl groups is 1. The highest BCUT2D eigenvalue weighted by Gasteiger charge is 2.47. The topological polar surface area (TPSA) is 66.8 Å². The summed E-state index contributed by atoms with van der Waals surface area (Å²) < 4.78 is 5.81. The number of hydrogen-bond acceptors (Lipinski definition) is 6. The van der Waals surface area contributed by atoms with Crippen molar-refractivity contribution in [2.75, 3.05) is 6.61 Å². The van der Waals surface area contributed by atoms with Crippen LogP contribution < -0.4 is 4.74 Å². The molecule has 4 rings (SSSR count). The van der Waals surface area contributed by atoms with Crippen molar-refractivity contribution in [3.8, 4) is 5.75 Å². The molecule has 1 unspecified atom stereocenters. The van der Waals surface area contributed by atoms with Crippen LogP contribution in [-0.4, -0.2) is 28.3 Å². The van der Waals surface area contributed by atoms with Gasteiger partial charge in [-0.15, -0.1) is 22.7 Å². The Labute approximate surface area is 208 Å². The number of benzene rings is 1. The zero-order valence-electron chi connectivity index (χ0n) is 20.0. The molecule has 1 saturated heterocycles. The van der Waals surface area contributed by atoms with Gasteiger partial charge in [-0.1, -0.05) is 26.8 Å². The largest absolute Gasteiger partial charge is 0.507 e. The van der Waals surface area contributed by atoms with E-state index < -0.39 is 17.7 Å². The molecular weight excluding hydrogens is 466 g/mol. The van der Waals surface area contributed by atoms with Gasteiger partial charge in [-0.2, -0.15) is 0 Å². The van der Waals surface area contributed by atoms with Crippen LogP contribution in [0.25, 0.3) is 5.76 Å². The van der Waals surface area contributed by atoms with Gasteiger partial charge in [0.1, 0.15) is 17.6 Å². The average molecular weight is 496 g/mol. The summed E-state index contributed by atoms with van der Waals surface area (Å²) in [6.45, 7) is 11.0. The van der Waals surface area contributed by atoms with Crippen LogP contribution in [0, 0.1) is 6.92 Å². The second-order valence-electron chi connectivity index (χ2n) is 9.37. The lowest BCUT2D eigenvalue weighted by Crippen LogP contribution is -2.28. The first-order valence-electron chi connectivity index (χ1n) is 11.3. The van der Waals surface area contributed by atoms with E-state index in [9.17, 15) is 14.7 Å². The molecule has 7 heteroatoms. The number of likely N-dealkylation sites (tertiary alicyclic amines) is 1. The fourth-order valence-corrected chi connectivity index (χ4v) is 6.00. The Hall–Kier alpha value is -2.90. The Morgan fingerprint density at radius 2 is 1.88 bits per heavy atom. The Morgan fingerprint density at radius 1 is 1.12 bits per heavy atom. The van der Waals surface area contributed by atoms with Crippen LogP contribution in [0.4, 0.5) is 0 Å². The van der Waals surface area contributed by atoms with E-state index in [1.807, 2.05) is 54.9 Å². The first kappa shape index (κ1) is 24.2. The molecule has 178 valence electrons. The van der Waals surface area contributed by atoms with Gasteiger partial charge in [0.05, 0.1) is 18.7 Å². The van der Waals surface area contributed by atoms with Crippen LogP contribution in [-0.2, 0) is 21.5 Å². The summed E-state index contributed by atoms with van der Waals surface area (Å²) in [6, 6.07) is 10.7. The second kappa shape index (κ2) is 9.39. The Bertz CT molecular complexity index is 1250. The Morgan fingerprint density at radius 3 is 2.47 bits per heavy atom. The standard InChI is InChI=1S/C27H29NO4S2/c1-6-32-20-10-9-17(14-19(20)27(3,4)5)23(29)21-22(25-16(2)11-13-34-25)28(26(31)24(21)30)15-18-8-7-12-33-18/h7-14,22,29H,6,15H2,1-5H3/b23-21-. The SMILES string of the molecule is CCOc1ccc(/C(O)=C2/C(=O)C(=O)N(Cc3cccs3)C2c2sccc2C)cc1C(C)(C)C. The smallest absolute Gasteiger partial charge is 0.296 e. The third kappa shape index (κ3) is 4.42. The van der Waals surface area contributed by atoms with Crippen LogP contribution in [0.1, 0.15) is 60.2 Å². The molecule has 1 aromatic carbocycles. The number of thiophene rings is 2. The summed E-state index contributed by atoms with van der Waals surface area (Å²) in [4.78, 5) is 29.9. The number of carbonyl (C=O) groups is 2. The molecule has 1 aliphatic rings. The number of amides is 1. The zero-order chi connectivity index (χ0) is 24.6. The summed E-state index contributed by atoms with van der Waals surface area (Å²) in [5, 5.41) is 15.4. The molecule has 1 N–H and O–H groups in total. The van der Waals surface area contributed by atoms with Gasteiger partial charge < -0.3 is 14.7 Å². The molecule has 0 aliphatic carbocycles. The molecule has 1 fully saturated rings. The van der Waals surface area contributed by atoms with Crippen LogP contribution in [0.3, 0.4) is 0 Å². The van der Waals surface area contributed by atoms with E-state index in [-0.39, 0.29) is 16.7 Å². The van der Waals surface area contributed by atoms with Crippen molar-refractivity contribution >= 4 is 40.1 Å². The summed E-state index contributed by atoms with van der Waals surface area (Å²) in [6.07, 6.45) is 0. The Balaban J connectivity index is 1.88. The Kier molecular flexibility index (Phi) is 6.69. The maximum atomic E-state index is 13.3. The minimum absolute atomic E-state index is 0.135. The molecule has 5 nitrogen and oxygen atoms in total. The second-order valence-corrected chi connectivity index (χ2v) is 11.3. The molecule has 1 atom stereocenters. The lowest BCUT2D eigenvalue weighted by Gasteiger charge is -2.25. The summed E-state index contributed by atoms with van der Waals surface area (Å²) >= 11 is 3.03. The number of aryl methyl sites for hydroxylation is 1. The molecule has 0 spiro atoms. The van der Waals surface area contributed by atoms with Gasteiger partial charge in [0.15, 0.2) is 0 Å². The van der Waals surface area contributed by atoms with Gasteiger partial charge in [0.2, 0.25) is 0 Å². The van der Waals surface area contributed by atoms with E-state index in [1.165, 1.54) is 22.7 Å². The first-order valence-corrected chi connectivity index (χ1v) is 13.0. The summed E-state index contributed by atoms with van der Waals surface area (Å²) in [5.41, 5.74) is 2.31. The van der Waals surface area contributed by atoms with Crippen LogP contribution in [0.15, 0.2) is 52.7 Å². The fraction of sp³-hybridized carbons (Fsp3) is 0.333. The molecule has 0 saturated carbocycles. The van der Waals surface area contributed by atoms with Crippen LogP contribution >= 0.6 is 22.7 Å².